The average Bonchev–Trinajstić information content (AvgIpc) is 2.48. The Hall–Kier alpha value is -3.06. The molecule has 0 saturated heterocycles. The molecule has 2 N–H and O–H groups in total. The van der Waals surface area contributed by atoms with Crippen molar-refractivity contribution in [3.05, 3.63) is 65.7 Å². The molecule has 0 radical (unpaired) electrons. The zero-order valence-corrected chi connectivity index (χ0v) is 10.6. The third-order valence-corrected chi connectivity index (χ3v) is 2.60. The van der Waals surface area contributed by atoms with Crippen LogP contribution in [0.1, 0.15) is 5.56 Å². The molecule has 0 atom stereocenters. The van der Waals surface area contributed by atoms with E-state index in [2.05, 4.69) is 5.32 Å². The molecule has 0 aliphatic heterocycles. The van der Waals surface area contributed by atoms with Crippen LogP contribution in [0.2, 0.25) is 0 Å². The van der Waals surface area contributed by atoms with Crippen LogP contribution in [0.3, 0.4) is 0 Å². The van der Waals surface area contributed by atoms with Crippen molar-refractivity contribution in [3.63, 3.8) is 0 Å². The van der Waals surface area contributed by atoms with Crippen molar-refractivity contribution in [2.75, 3.05) is 5.32 Å². The molecule has 0 bridgehead atoms. The van der Waals surface area contributed by atoms with Crippen molar-refractivity contribution in [2.24, 2.45) is 0 Å². The summed E-state index contributed by atoms with van der Waals surface area (Å²) in [7, 11) is 0. The minimum Gasteiger partial charge on any atom is -0.508 e. The van der Waals surface area contributed by atoms with E-state index in [-0.39, 0.29) is 11.3 Å². The molecule has 2 rings (SSSR count). The third-order valence-electron chi connectivity index (χ3n) is 2.60. The van der Waals surface area contributed by atoms with Crippen LogP contribution >= 0.6 is 0 Å². The zero-order valence-electron chi connectivity index (χ0n) is 10.6. The predicted octanol–water partition coefficient (Wildman–Crippen LogP) is 2.94. The fraction of sp³-hybridized carbons (Fsp3) is 0. The number of amides is 1. The molecule has 0 spiro atoms. The third kappa shape index (κ3) is 3.47. The van der Waals surface area contributed by atoms with Gasteiger partial charge in [-0.15, -0.1) is 0 Å². The summed E-state index contributed by atoms with van der Waals surface area (Å²) in [6, 6.07) is 17.1. The van der Waals surface area contributed by atoms with Gasteiger partial charge < -0.3 is 10.4 Å². The fourth-order valence-corrected chi connectivity index (χ4v) is 1.61. The van der Waals surface area contributed by atoms with Crippen molar-refractivity contribution >= 4 is 17.7 Å². The topological polar surface area (TPSA) is 73.1 Å². The molecule has 0 saturated carbocycles. The summed E-state index contributed by atoms with van der Waals surface area (Å²) in [5.74, 6) is -0.370. The monoisotopic (exact) mass is 264 g/mol. The first-order valence-corrected chi connectivity index (χ1v) is 5.96. The number of nitrogens with zero attached hydrogens (tertiary/aromatic N) is 1. The quantitative estimate of drug-likeness (QED) is 0.508. The number of nitrogens with one attached hydrogen (secondary N) is 1. The van der Waals surface area contributed by atoms with Crippen molar-refractivity contribution < 1.29 is 9.90 Å². The second-order valence-electron chi connectivity index (χ2n) is 4.08. The summed E-state index contributed by atoms with van der Waals surface area (Å²) in [6.45, 7) is 0. The highest BCUT2D eigenvalue weighted by atomic mass is 16.3. The van der Waals surface area contributed by atoms with Crippen molar-refractivity contribution in [1.82, 2.24) is 0 Å². The van der Waals surface area contributed by atoms with Gasteiger partial charge in [-0.2, -0.15) is 5.26 Å². The SMILES string of the molecule is N#C/C(=C/c1ccccc1)C(=O)Nc1ccc(O)cc1. The molecule has 0 heterocycles. The van der Waals surface area contributed by atoms with Gasteiger partial charge in [0.1, 0.15) is 17.4 Å². The Balaban J connectivity index is 2.16. The number of benzene rings is 2. The molecular weight excluding hydrogens is 252 g/mol. The number of hydrogen-bond acceptors (Lipinski definition) is 3. The van der Waals surface area contributed by atoms with Gasteiger partial charge in [-0.05, 0) is 35.9 Å². The van der Waals surface area contributed by atoms with Crippen LogP contribution in [0.25, 0.3) is 6.08 Å². The van der Waals surface area contributed by atoms with Gasteiger partial charge in [0.15, 0.2) is 0 Å². The van der Waals surface area contributed by atoms with Gasteiger partial charge >= 0.3 is 0 Å². The van der Waals surface area contributed by atoms with Gasteiger partial charge in [-0.3, -0.25) is 4.79 Å². The summed E-state index contributed by atoms with van der Waals surface area (Å²) in [5, 5.41) is 20.8. The van der Waals surface area contributed by atoms with Crippen LogP contribution in [-0.4, -0.2) is 11.0 Å². The minimum absolute atomic E-state index is 0.0178. The molecule has 1 amide bonds. The van der Waals surface area contributed by atoms with E-state index in [9.17, 15) is 4.79 Å². The number of hydrogen-bond donors (Lipinski definition) is 2. The van der Waals surface area contributed by atoms with E-state index in [0.29, 0.717) is 5.69 Å². The highest BCUT2D eigenvalue weighted by Crippen LogP contribution is 2.15. The van der Waals surface area contributed by atoms with Crippen LogP contribution in [0.15, 0.2) is 60.2 Å². The standard InChI is InChI=1S/C16H12N2O2/c17-11-13(10-12-4-2-1-3-5-12)16(20)18-14-6-8-15(19)9-7-14/h1-10,19H,(H,18,20)/b13-10-. The van der Waals surface area contributed by atoms with E-state index in [1.807, 2.05) is 36.4 Å². The average molecular weight is 264 g/mol. The summed E-state index contributed by atoms with van der Waals surface area (Å²) in [6.07, 6.45) is 1.52. The smallest absolute Gasteiger partial charge is 0.266 e. The fourth-order valence-electron chi connectivity index (χ4n) is 1.61. The van der Waals surface area contributed by atoms with Gasteiger partial charge in [-0.1, -0.05) is 30.3 Å². The minimum atomic E-state index is -0.484. The van der Waals surface area contributed by atoms with E-state index >= 15 is 0 Å². The molecule has 0 aliphatic carbocycles. The van der Waals surface area contributed by atoms with E-state index in [1.165, 1.54) is 18.2 Å². The second kappa shape index (κ2) is 6.21. The molecule has 0 aromatic heterocycles. The zero-order chi connectivity index (χ0) is 14.4. The Labute approximate surface area is 116 Å². The predicted molar refractivity (Wildman–Crippen MR) is 76.8 cm³/mol. The summed E-state index contributed by atoms with van der Waals surface area (Å²) in [5.41, 5.74) is 1.32. The Morgan fingerprint density at radius 2 is 1.75 bits per heavy atom. The molecule has 98 valence electrons. The van der Waals surface area contributed by atoms with Crippen LogP contribution < -0.4 is 5.32 Å². The Morgan fingerprint density at radius 1 is 1.10 bits per heavy atom. The maximum absolute atomic E-state index is 12.0. The number of phenols is 1. The summed E-state index contributed by atoms with van der Waals surface area (Å²) >= 11 is 0. The molecule has 2 aromatic carbocycles. The largest absolute Gasteiger partial charge is 0.508 e. The number of carbonyl (C=O) groups is 1. The molecule has 0 fully saturated rings. The highest BCUT2D eigenvalue weighted by Gasteiger charge is 2.09. The lowest BCUT2D eigenvalue weighted by Gasteiger charge is -2.04. The highest BCUT2D eigenvalue weighted by molar-refractivity contribution is 6.09. The van der Waals surface area contributed by atoms with Crippen LogP contribution in [0.4, 0.5) is 5.69 Å². The summed E-state index contributed by atoms with van der Waals surface area (Å²) < 4.78 is 0. The normalized spacial score (nSPS) is 10.7. The molecule has 20 heavy (non-hydrogen) atoms. The van der Waals surface area contributed by atoms with E-state index in [1.54, 1.807) is 12.1 Å². The molecule has 4 nitrogen and oxygen atoms in total. The maximum atomic E-state index is 12.0. The van der Waals surface area contributed by atoms with Crippen molar-refractivity contribution in [2.45, 2.75) is 0 Å². The number of carbonyl (C=O) groups excluding carboxylic acids is 1. The molecular formula is C16H12N2O2. The van der Waals surface area contributed by atoms with E-state index in [4.69, 9.17) is 10.4 Å². The first-order valence-electron chi connectivity index (χ1n) is 5.96. The molecule has 0 aliphatic rings. The summed E-state index contributed by atoms with van der Waals surface area (Å²) in [4.78, 5) is 12.0. The van der Waals surface area contributed by atoms with Crippen molar-refractivity contribution in [3.8, 4) is 11.8 Å². The van der Waals surface area contributed by atoms with Gasteiger partial charge in [0.2, 0.25) is 0 Å². The maximum Gasteiger partial charge on any atom is 0.266 e. The number of rotatable bonds is 3. The Morgan fingerprint density at radius 3 is 2.35 bits per heavy atom. The van der Waals surface area contributed by atoms with Gasteiger partial charge in [0, 0.05) is 5.69 Å². The lowest BCUT2D eigenvalue weighted by Crippen LogP contribution is -2.13. The van der Waals surface area contributed by atoms with Crippen molar-refractivity contribution in [1.29, 1.82) is 5.26 Å². The lowest BCUT2D eigenvalue weighted by atomic mass is 10.1. The second-order valence-corrected chi connectivity index (χ2v) is 4.08. The lowest BCUT2D eigenvalue weighted by molar-refractivity contribution is -0.112. The van der Waals surface area contributed by atoms with E-state index in [0.717, 1.165) is 5.56 Å². The Kier molecular flexibility index (Phi) is 4.15. The van der Waals surface area contributed by atoms with Gasteiger partial charge in [0.05, 0.1) is 0 Å². The molecule has 2 aromatic rings. The first-order chi connectivity index (χ1) is 9.69. The molecule has 0 unspecified atom stereocenters. The van der Waals surface area contributed by atoms with Crippen LogP contribution in [-0.2, 0) is 4.79 Å². The van der Waals surface area contributed by atoms with Gasteiger partial charge in [-0.25, -0.2) is 0 Å². The van der Waals surface area contributed by atoms with Crippen LogP contribution in [0, 0.1) is 11.3 Å². The molecule has 4 heteroatoms. The number of aromatic hydroxyl groups is 1. The van der Waals surface area contributed by atoms with Gasteiger partial charge in [0.25, 0.3) is 5.91 Å². The van der Waals surface area contributed by atoms with Crippen LogP contribution in [0.5, 0.6) is 5.75 Å². The number of phenolic OH excluding ortho intramolecular Hbond substituents is 1. The number of nitriles is 1. The van der Waals surface area contributed by atoms with E-state index < -0.39 is 5.91 Å². The first kappa shape index (κ1) is 13.4. The Bertz CT molecular complexity index is 668. The number of anilines is 1.